The molecule has 0 saturated carbocycles. The molecule has 2 aromatic rings. The van der Waals surface area contributed by atoms with Gasteiger partial charge in [-0.05, 0) is 60.9 Å². The van der Waals surface area contributed by atoms with Gasteiger partial charge >= 0.3 is 0 Å². The Hall–Kier alpha value is -2.81. The summed E-state index contributed by atoms with van der Waals surface area (Å²) in [4.78, 5) is 12.7. The summed E-state index contributed by atoms with van der Waals surface area (Å²) in [5, 5.41) is 3.32. The third-order valence-corrected chi connectivity index (χ3v) is 7.67. The molecular weight excluding hydrogens is 464 g/mol. The Morgan fingerprint density at radius 1 is 1.15 bits per heavy atom. The van der Waals surface area contributed by atoms with Gasteiger partial charge in [-0.25, -0.2) is 8.42 Å². The molecule has 0 bridgehead atoms. The standard InChI is InChI=1S/C24H25ClN2O5S/c1-31-23-9-7-20(33(29,30)27-11-3-2-4-12-27)15-21(23)26-24(28)10-5-17-13-18-14-19(25)6-8-22(18)32-16-17/h5-10,13-15H,2-4,11-12,16H2,1H3,(H,26,28)/b10-5+. The number of amides is 1. The van der Waals surface area contributed by atoms with Crippen molar-refractivity contribution in [2.24, 2.45) is 0 Å². The lowest BCUT2D eigenvalue weighted by Gasteiger charge is -2.26. The van der Waals surface area contributed by atoms with Crippen molar-refractivity contribution in [2.75, 3.05) is 32.1 Å². The molecule has 1 N–H and O–H groups in total. The van der Waals surface area contributed by atoms with Gasteiger partial charge < -0.3 is 14.8 Å². The van der Waals surface area contributed by atoms with Gasteiger partial charge in [0.1, 0.15) is 18.1 Å². The number of halogens is 1. The summed E-state index contributed by atoms with van der Waals surface area (Å²) in [6, 6.07) is 9.85. The van der Waals surface area contributed by atoms with Crippen LogP contribution in [0.15, 0.2) is 59.0 Å². The molecule has 2 heterocycles. The van der Waals surface area contributed by atoms with Crippen LogP contribution >= 0.6 is 11.6 Å². The predicted molar refractivity (Wildman–Crippen MR) is 128 cm³/mol. The summed E-state index contributed by atoms with van der Waals surface area (Å²) in [6.45, 7) is 1.33. The summed E-state index contributed by atoms with van der Waals surface area (Å²) in [6.07, 6.45) is 7.65. The van der Waals surface area contributed by atoms with Crippen molar-refractivity contribution in [3.8, 4) is 11.5 Å². The lowest BCUT2D eigenvalue weighted by atomic mass is 10.1. The molecule has 174 valence electrons. The molecule has 1 saturated heterocycles. The molecule has 9 heteroatoms. The van der Waals surface area contributed by atoms with Crippen LogP contribution in [0.1, 0.15) is 24.8 Å². The van der Waals surface area contributed by atoms with E-state index in [4.69, 9.17) is 21.1 Å². The van der Waals surface area contributed by atoms with Crippen molar-refractivity contribution in [1.82, 2.24) is 4.31 Å². The molecule has 4 rings (SSSR count). The second-order valence-corrected chi connectivity index (χ2v) is 10.2. The van der Waals surface area contributed by atoms with Crippen LogP contribution in [-0.2, 0) is 14.8 Å². The summed E-state index contributed by atoms with van der Waals surface area (Å²) in [5.41, 5.74) is 1.93. The molecule has 2 aromatic carbocycles. The quantitative estimate of drug-likeness (QED) is 0.605. The van der Waals surface area contributed by atoms with Gasteiger partial charge in [0.2, 0.25) is 15.9 Å². The molecular formula is C24H25ClN2O5S. The normalized spacial score (nSPS) is 16.6. The highest BCUT2D eigenvalue weighted by molar-refractivity contribution is 7.89. The Morgan fingerprint density at radius 2 is 1.94 bits per heavy atom. The summed E-state index contributed by atoms with van der Waals surface area (Å²) < 4.78 is 38.5. The summed E-state index contributed by atoms with van der Waals surface area (Å²) in [7, 11) is -2.17. The largest absolute Gasteiger partial charge is 0.495 e. The van der Waals surface area contributed by atoms with E-state index in [9.17, 15) is 13.2 Å². The van der Waals surface area contributed by atoms with E-state index in [0.717, 1.165) is 36.1 Å². The number of ether oxygens (including phenoxy) is 2. The third kappa shape index (κ3) is 5.40. The summed E-state index contributed by atoms with van der Waals surface area (Å²) >= 11 is 6.04. The molecule has 1 amide bonds. The van der Waals surface area contributed by atoms with E-state index < -0.39 is 15.9 Å². The first-order valence-corrected chi connectivity index (χ1v) is 12.5. The lowest BCUT2D eigenvalue weighted by molar-refractivity contribution is -0.111. The van der Waals surface area contributed by atoms with Crippen LogP contribution in [-0.4, -0.2) is 45.4 Å². The molecule has 0 atom stereocenters. The molecule has 1 fully saturated rings. The van der Waals surface area contributed by atoms with E-state index in [-0.39, 0.29) is 10.6 Å². The van der Waals surface area contributed by atoms with E-state index in [1.165, 1.54) is 29.6 Å². The minimum absolute atomic E-state index is 0.126. The van der Waals surface area contributed by atoms with Crippen molar-refractivity contribution in [1.29, 1.82) is 0 Å². The number of methoxy groups -OCH3 is 1. The van der Waals surface area contributed by atoms with Crippen LogP contribution < -0.4 is 14.8 Å². The first-order chi connectivity index (χ1) is 15.9. The first-order valence-electron chi connectivity index (χ1n) is 10.7. The molecule has 2 aliphatic heterocycles. The number of sulfonamides is 1. The van der Waals surface area contributed by atoms with E-state index >= 15 is 0 Å². The van der Waals surface area contributed by atoms with E-state index in [1.807, 2.05) is 6.08 Å². The van der Waals surface area contributed by atoms with Gasteiger partial charge in [0.15, 0.2) is 0 Å². The lowest BCUT2D eigenvalue weighted by Crippen LogP contribution is -2.35. The second kappa shape index (κ2) is 9.99. The Labute approximate surface area is 198 Å². The number of carbonyl (C=O) groups excluding carboxylic acids is 1. The van der Waals surface area contributed by atoms with Crippen molar-refractivity contribution in [3.05, 3.63) is 64.7 Å². The molecule has 33 heavy (non-hydrogen) atoms. The van der Waals surface area contributed by atoms with Gasteiger partial charge in [-0.2, -0.15) is 4.31 Å². The summed E-state index contributed by atoms with van der Waals surface area (Å²) in [5.74, 6) is 0.689. The van der Waals surface area contributed by atoms with Crippen molar-refractivity contribution in [2.45, 2.75) is 24.2 Å². The predicted octanol–water partition coefficient (Wildman–Crippen LogP) is 4.49. The number of benzene rings is 2. The number of nitrogens with one attached hydrogen (secondary N) is 1. The highest BCUT2D eigenvalue weighted by atomic mass is 35.5. The molecule has 0 spiro atoms. The number of carbonyl (C=O) groups is 1. The molecule has 0 radical (unpaired) electrons. The van der Waals surface area contributed by atoms with Crippen LogP contribution in [0.4, 0.5) is 5.69 Å². The molecule has 0 unspecified atom stereocenters. The van der Waals surface area contributed by atoms with Gasteiger partial charge in [-0.1, -0.05) is 24.1 Å². The number of nitrogens with zero attached hydrogens (tertiary/aromatic N) is 1. The monoisotopic (exact) mass is 488 g/mol. The van der Waals surface area contributed by atoms with Crippen molar-refractivity contribution in [3.63, 3.8) is 0 Å². The van der Waals surface area contributed by atoms with Gasteiger partial charge in [-0.15, -0.1) is 0 Å². The van der Waals surface area contributed by atoms with E-state index in [0.29, 0.717) is 30.5 Å². The van der Waals surface area contributed by atoms with Gasteiger partial charge in [-0.3, -0.25) is 4.79 Å². The average molecular weight is 489 g/mol. The van der Waals surface area contributed by atoms with Crippen molar-refractivity contribution >= 4 is 39.3 Å². The average Bonchev–Trinajstić information content (AvgIpc) is 2.83. The molecule has 0 aromatic heterocycles. The number of hydrogen-bond acceptors (Lipinski definition) is 5. The number of piperidine rings is 1. The second-order valence-electron chi connectivity index (χ2n) is 7.84. The maximum atomic E-state index is 13.0. The molecule has 2 aliphatic rings. The van der Waals surface area contributed by atoms with Gasteiger partial charge in [0.25, 0.3) is 0 Å². The van der Waals surface area contributed by atoms with E-state index in [2.05, 4.69) is 5.32 Å². The van der Waals surface area contributed by atoms with Crippen molar-refractivity contribution < 1.29 is 22.7 Å². The topological polar surface area (TPSA) is 84.9 Å². The minimum atomic E-state index is -3.63. The number of hydrogen-bond donors (Lipinski definition) is 1. The minimum Gasteiger partial charge on any atom is -0.495 e. The van der Waals surface area contributed by atoms with E-state index in [1.54, 1.807) is 30.3 Å². The Kier molecular flexibility index (Phi) is 7.07. The van der Waals surface area contributed by atoms with Crippen LogP contribution in [0.5, 0.6) is 11.5 Å². The maximum Gasteiger partial charge on any atom is 0.248 e. The molecule has 7 nitrogen and oxygen atoms in total. The zero-order valence-electron chi connectivity index (χ0n) is 18.2. The number of fused-ring (bicyclic) bond motifs is 1. The highest BCUT2D eigenvalue weighted by Gasteiger charge is 2.27. The Balaban J connectivity index is 1.51. The highest BCUT2D eigenvalue weighted by Crippen LogP contribution is 2.31. The maximum absolute atomic E-state index is 13.0. The number of rotatable bonds is 6. The Morgan fingerprint density at radius 3 is 2.70 bits per heavy atom. The Bertz CT molecular complexity index is 1220. The van der Waals surface area contributed by atoms with Crippen LogP contribution in [0.2, 0.25) is 5.02 Å². The number of anilines is 1. The fraction of sp³-hybridized carbons (Fsp3) is 0.292. The fourth-order valence-electron chi connectivity index (χ4n) is 3.82. The first kappa shape index (κ1) is 23.4. The van der Waals surface area contributed by atoms with Gasteiger partial charge in [0.05, 0.1) is 17.7 Å². The van der Waals surface area contributed by atoms with Gasteiger partial charge in [0, 0.05) is 29.8 Å². The fourth-order valence-corrected chi connectivity index (χ4v) is 5.54. The zero-order chi connectivity index (χ0) is 23.4. The van der Waals surface area contributed by atoms with Crippen LogP contribution in [0, 0.1) is 0 Å². The van der Waals surface area contributed by atoms with Crippen LogP contribution in [0.3, 0.4) is 0 Å². The molecule has 0 aliphatic carbocycles. The SMILES string of the molecule is COc1ccc(S(=O)(=O)N2CCCCC2)cc1NC(=O)/C=C/C1=Cc2cc(Cl)ccc2OC1. The zero-order valence-corrected chi connectivity index (χ0v) is 19.8. The smallest absolute Gasteiger partial charge is 0.248 e. The van der Waals surface area contributed by atoms with Crippen LogP contribution in [0.25, 0.3) is 6.08 Å². The third-order valence-electron chi connectivity index (χ3n) is 5.54.